The van der Waals surface area contributed by atoms with Crippen molar-refractivity contribution in [2.24, 2.45) is 0 Å². The molecule has 4 heteroatoms. The van der Waals surface area contributed by atoms with Crippen molar-refractivity contribution in [2.75, 3.05) is 17.7 Å². The molecule has 2 rings (SSSR count). The van der Waals surface area contributed by atoms with Crippen molar-refractivity contribution < 1.29 is 4.74 Å². The lowest BCUT2D eigenvalue weighted by Gasteiger charge is -2.10. The summed E-state index contributed by atoms with van der Waals surface area (Å²) in [4.78, 5) is 4.03. The summed E-state index contributed by atoms with van der Waals surface area (Å²) in [6.07, 6.45) is 3.47. The van der Waals surface area contributed by atoms with Crippen LogP contribution in [0.5, 0.6) is 5.75 Å². The molecule has 3 N–H and O–H groups in total. The first kappa shape index (κ1) is 11.3. The van der Waals surface area contributed by atoms with E-state index in [0.717, 1.165) is 17.1 Å². The highest BCUT2D eigenvalue weighted by molar-refractivity contribution is 5.73. The number of benzene rings is 1. The minimum Gasteiger partial charge on any atom is -0.494 e. The van der Waals surface area contributed by atoms with Crippen molar-refractivity contribution in [1.82, 2.24) is 4.98 Å². The quantitative estimate of drug-likeness (QED) is 0.791. The number of pyridine rings is 1. The van der Waals surface area contributed by atoms with Crippen molar-refractivity contribution in [3.05, 3.63) is 42.7 Å². The lowest BCUT2D eigenvalue weighted by molar-refractivity contribution is 0.340. The molecule has 0 unspecified atom stereocenters. The molecule has 88 valence electrons. The van der Waals surface area contributed by atoms with E-state index in [9.17, 15) is 0 Å². The Bertz CT molecular complexity index is 485. The van der Waals surface area contributed by atoms with Crippen LogP contribution in [0.3, 0.4) is 0 Å². The van der Waals surface area contributed by atoms with Gasteiger partial charge in [-0.1, -0.05) is 0 Å². The molecule has 0 aliphatic rings. The van der Waals surface area contributed by atoms with Crippen LogP contribution in [0, 0.1) is 0 Å². The molecular weight excluding hydrogens is 214 g/mol. The average Bonchev–Trinajstić information content (AvgIpc) is 2.34. The first-order valence-corrected chi connectivity index (χ1v) is 5.49. The fourth-order valence-electron chi connectivity index (χ4n) is 1.50. The highest BCUT2D eigenvalue weighted by atomic mass is 16.5. The normalized spacial score (nSPS) is 9.94. The van der Waals surface area contributed by atoms with Gasteiger partial charge in [-0.15, -0.1) is 0 Å². The van der Waals surface area contributed by atoms with Gasteiger partial charge in [-0.05, 0) is 31.2 Å². The third-order valence-corrected chi connectivity index (χ3v) is 2.27. The van der Waals surface area contributed by atoms with Crippen LogP contribution in [0.2, 0.25) is 0 Å². The Morgan fingerprint density at radius 2 is 2.24 bits per heavy atom. The molecule has 0 atom stereocenters. The zero-order valence-corrected chi connectivity index (χ0v) is 9.68. The van der Waals surface area contributed by atoms with Gasteiger partial charge in [0, 0.05) is 12.3 Å². The van der Waals surface area contributed by atoms with Crippen LogP contribution in [-0.4, -0.2) is 11.6 Å². The molecule has 0 saturated heterocycles. The van der Waals surface area contributed by atoms with Crippen molar-refractivity contribution in [1.29, 1.82) is 0 Å². The molecule has 0 saturated carbocycles. The summed E-state index contributed by atoms with van der Waals surface area (Å²) in [5, 5.41) is 3.20. The first-order chi connectivity index (χ1) is 8.29. The maximum atomic E-state index is 5.94. The number of hydrogen-bond acceptors (Lipinski definition) is 4. The van der Waals surface area contributed by atoms with Crippen molar-refractivity contribution in [3.63, 3.8) is 0 Å². The topological polar surface area (TPSA) is 60.2 Å². The molecule has 0 fully saturated rings. The predicted molar refractivity (Wildman–Crippen MR) is 69.5 cm³/mol. The van der Waals surface area contributed by atoms with Gasteiger partial charge in [0.15, 0.2) is 0 Å². The third kappa shape index (κ3) is 2.87. The van der Waals surface area contributed by atoms with Gasteiger partial charge in [-0.2, -0.15) is 0 Å². The second kappa shape index (κ2) is 5.21. The van der Waals surface area contributed by atoms with Gasteiger partial charge in [0.2, 0.25) is 0 Å². The van der Waals surface area contributed by atoms with E-state index < -0.39 is 0 Å². The number of anilines is 3. The fraction of sp³-hybridized carbons (Fsp3) is 0.154. The second-order valence-electron chi connectivity index (χ2n) is 3.55. The molecule has 4 nitrogen and oxygen atoms in total. The van der Waals surface area contributed by atoms with Crippen LogP contribution in [-0.2, 0) is 0 Å². The van der Waals surface area contributed by atoms with Gasteiger partial charge in [0.1, 0.15) is 5.75 Å². The second-order valence-corrected chi connectivity index (χ2v) is 3.55. The average molecular weight is 229 g/mol. The van der Waals surface area contributed by atoms with Crippen molar-refractivity contribution >= 4 is 17.1 Å². The van der Waals surface area contributed by atoms with E-state index in [4.69, 9.17) is 10.5 Å². The van der Waals surface area contributed by atoms with Gasteiger partial charge in [0.25, 0.3) is 0 Å². The highest BCUT2D eigenvalue weighted by Crippen LogP contribution is 2.26. The molecule has 0 aliphatic heterocycles. The first-order valence-electron chi connectivity index (χ1n) is 5.49. The minimum atomic E-state index is 0.634. The number of aromatic nitrogens is 1. The maximum absolute atomic E-state index is 5.94. The summed E-state index contributed by atoms with van der Waals surface area (Å²) in [7, 11) is 0. The Morgan fingerprint density at radius 1 is 1.35 bits per heavy atom. The molecule has 0 amide bonds. The molecule has 1 heterocycles. The smallest absolute Gasteiger partial charge is 0.121 e. The summed E-state index contributed by atoms with van der Waals surface area (Å²) in [6.45, 7) is 2.58. The Kier molecular flexibility index (Phi) is 3.45. The monoisotopic (exact) mass is 229 g/mol. The molecule has 0 spiro atoms. The Labute approximate surface area is 100 Å². The van der Waals surface area contributed by atoms with Crippen molar-refractivity contribution in [3.8, 4) is 5.75 Å². The largest absolute Gasteiger partial charge is 0.494 e. The maximum Gasteiger partial charge on any atom is 0.121 e. The number of nitrogens with one attached hydrogen (secondary N) is 1. The van der Waals surface area contributed by atoms with Crippen LogP contribution in [0.15, 0.2) is 42.7 Å². The van der Waals surface area contributed by atoms with E-state index >= 15 is 0 Å². The van der Waals surface area contributed by atoms with Crippen LogP contribution in [0.25, 0.3) is 0 Å². The number of rotatable bonds is 4. The molecule has 0 aliphatic carbocycles. The van der Waals surface area contributed by atoms with Gasteiger partial charge in [-0.3, -0.25) is 4.98 Å². The van der Waals surface area contributed by atoms with Gasteiger partial charge in [-0.25, -0.2) is 0 Å². The number of ether oxygens (including phenoxy) is 1. The van der Waals surface area contributed by atoms with Gasteiger partial charge >= 0.3 is 0 Å². The lowest BCUT2D eigenvalue weighted by atomic mass is 10.2. The van der Waals surface area contributed by atoms with Gasteiger partial charge < -0.3 is 15.8 Å². The number of hydrogen-bond donors (Lipinski definition) is 2. The molecule has 0 radical (unpaired) electrons. The van der Waals surface area contributed by atoms with E-state index in [-0.39, 0.29) is 0 Å². The number of nitrogens with zero attached hydrogens (tertiary/aromatic N) is 1. The van der Waals surface area contributed by atoms with Crippen LogP contribution in [0.1, 0.15) is 6.92 Å². The van der Waals surface area contributed by atoms with E-state index in [0.29, 0.717) is 12.3 Å². The Balaban J connectivity index is 2.17. The predicted octanol–water partition coefficient (Wildman–Crippen LogP) is 2.81. The standard InChI is InChI=1S/C13H15N3O/c1-2-17-11-5-6-13(12(14)8-11)16-10-4-3-7-15-9-10/h3-9,16H,2,14H2,1H3. The Hall–Kier alpha value is -2.23. The van der Waals surface area contributed by atoms with E-state index in [2.05, 4.69) is 10.3 Å². The summed E-state index contributed by atoms with van der Waals surface area (Å²) >= 11 is 0. The number of nitrogens with two attached hydrogens (primary N) is 1. The highest BCUT2D eigenvalue weighted by Gasteiger charge is 2.01. The van der Waals surface area contributed by atoms with Gasteiger partial charge in [0.05, 0.1) is 29.9 Å². The summed E-state index contributed by atoms with van der Waals surface area (Å²) < 4.78 is 5.37. The summed E-state index contributed by atoms with van der Waals surface area (Å²) in [5.41, 5.74) is 8.34. The van der Waals surface area contributed by atoms with E-state index in [1.165, 1.54) is 0 Å². The Morgan fingerprint density at radius 3 is 2.88 bits per heavy atom. The van der Waals surface area contributed by atoms with Crippen LogP contribution < -0.4 is 15.8 Å². The van der Waals surface area contributed by atoms with Crippen molar-refractivity contribution in [2.45, 2.75) is 6.92 Å². The molecule has 2 aromatic rings. The van der Waals surface area contributed by atoms with E-state index in [1.54, 1.807) is 12.4 Å². The SMILES string of the molecule is CCOc1ccc(Nc2cccnc2)c(N)c1. The molecular formula is C13H15N3O. The molecule has 1 aromatic heterocycles. The molecule has 17 heavy (non-hydrogen) atoms. The lowest BCUT2D eigenvalue weighted by Crippen LogP contribution is -1.98. The van der Waals surface area contributed by atoms with Crippen LogP contribution >= 0.6 is 0 Å². The van der Waals surface area contributed by atoms with Crippen LogP contribution in [0.4, 0.5) is 17.1 Å². The minimum absolute atomic E-state index is 0.634. The molecule has 0 bridgehead atoms. The number of nitrogen functional groups attached to an aromatic ring is 1. The summed E-state index contributed by atoms with van der Waals surface area (Å²) in [6, 6.07) is 9.39. The third-order valence-electron chi connectivity index (χ3n) is 2.27. The zero-order chi connectivity index (χ0) is 12.1. The molecule has 1 aromatic carbocycles. The summed E-state index contributed by atoms with van der Waals surface area (Å²) in [5.74, 6) is 0.779. The van der Waals surface area contributed by atoms with E-state index in [1.807, 2.05) is 37.3 Å². The fourth-order valence-corrected chi connectivity index (χ4v) is 1.50. The zero-order valence-electron chi connectivity index (χ0n) is 9.68.